The summed E-state index contributed by atoms with van der Waals surface area (Å²) in [5.41, 5.74) is 7.55. The van der Waals surface area contributed by atoms with Crippen molar-refractivity contribution in [3.63, 3.8) is 0 Å². The summed E-state index contributed by atoms with van der Waals surface area (Å²) in [6.07, 6.45) is 0. The maximum Gasteiger partial charge on any atom is 0.116 e. The maximum atomic E-state index is 6.23. The first-order valence-electron chi connectivity index (χ1n) is 10.8. The molecule has 0 spiro atoms. The topological polar surface area (TPSA) is 50.5 Å². The molecule has 7 rings (SSSR count). The first-order valence-corrected chi connectivity index (χ1v) is 14.6. The van der Waals surface area contributed by atoms with Gasteiger partial charge >= 0.3 is 0 Å². The second kappa shape index (κ2) is 8.99. The van der Waals surface area contributed by atoms with Crippen molar-refractivity contribution in [2.75, 3.05) is 0 Å². The first kappa shape index (κ1) is 22.5. The van der Waals surface area contributed by atoms with Crippen LogP contribution >= 0.6 is 57.6 Å². The fourth-order valence-corrected chi connectivity index (χ4v) is 7.86. The predicted molar refractivity (Wildman–Crippen MR) is 156 cm³/mol. The summed E-state index contributed by atoms with van der Waals surface area (Å²) in [7, 11) is 0. The predicted octanol–water partition coefficient (Wildman–Crippen LogP) is 10.5. The highest BCUT2D eigenvalue weighted by Crippen LogP contribution is 2.54. The number of hydrogen-bond acceptors (Lipinski definition) is 7. The molecule has 0 saturated carbocycles. The quantitative estimate of drug-likeness (QED) is 0.208. The van der Waals surface area contributed by atoms with E-state index >= 15 is 0 Å². The van der Waals surface area contributed by atoms with Crippen LogP contribution in [0.2, 0.25) is 10.0 Å². The largest absolute Gasteiger partial charge is 0.172 e. The number of thiophene rings is 2. The molecule has 0 amide bonds. The molecule has 0 saturated heterocycles. The lowest BCUT2D eigenvalue weighted by atomic mass is 10.0. The third-order valence-corrected chi connectivity index (χ3v) is 9.68. The average molecular weight is 580 g/mol. The summed E-state index contributed by atoms with van der Waals surface area (Å²) in [6, 6.07) is 24.3. The molecule has 0 unspecified atom stereocenters. The molecule has 4 heterocycles. The molecule has 1 aliphatic rings. The van der Waals surface area contributed by atoms with Gasteiger partial charge in [-0.2, -0.15) is 17.5 Å². The molecule has 36 heavy (non-hydrogen) atoms. The van der Waals surface area contributed by atoms with Crippen molar-refractivity contribution in [1.29, 1.82) is 0 Å². The molecule has 1 aliphatic heterocycles. The van der Waals surface area contributed by atoms with Gasteiger partial charge in [-0.25, -0.2) is 0 Å². The number of fused-ring (bicyclic) bond motifs is 2. The zero-order valence-electron chi connectivity index (χ0n) is 18.1. The molecule has 0 radical (unpaired) electrons. The third kappa shape index (κ3) is 3.76. The third-order valence-electron chi connectivity index (χ3n) is 5.85. The van der Waals surface area contributed by atoms with Crippen molar-refractivity contribution >= 4 is 91.4 Å². The Bertz CT molecular complexity index is 1750. The highest BCUT2D eigenvalue weighted by Gasteiger charge is 2.27. The van der Waals surface area contributed by atoms with Crippen LogP contribution in [0.3, 0.4) is 0 Å². The number of benzene rings is 3. The van der Waals surface area contributed by atoms with E-state index in [1.54, 1.807) is 22.7 Å². The van der Waals surface area contributed by atoms with Gasteiger partial charge in [-0.1, -0.05) is 47.5 Å². The van der Waals surface area contributed by atoms with Gasteiger partial charge in [0.15, 0.2) is 0 Å². The van der Waals surface area contributed by atoms with Crippen LogP contribution in [0.25, 0.3) is 52.8 Å². The lowest BCUT2D eigenvalue weighted by Crippen LogP contribution is -1.84. The van der Waals surface area contributed by atoms with Gasteiger partial charge < -0.3 is 0 Å². The zero-order chi connectivity index (χ0) is 24.2. The summed E-state index contributed by atoms with van der Waals surface area (Å²) < 4.78 is 18.9. The van der Waals surface area contributed by atoms with Gasteiger partial charge in [-0.15, -0.1) is 22.7 Å². The van der Waals surface area contributed by atoms with Crippen LogP contribution in [0, 0.1) is 0 Å². The Morgan fingerprint density at radius 3 is 1.50 bits per heavy atom. The summed E-state index contributed by atoms with van der Waals surface area (Å²) in [5, 5.41) is 1.44. The van der Waals surface area contributed by atoms with E-state index in [2.05, 4.69) is 36.4 Å². The Labute approximate surface area is 232 Å². The minimum atomic E-state index is 0.720. The second-order valence-electron chi connectivity index (χ2n) is 8.02. The van der Waals surface area contributed by atoms with Crippen LogP contribution < -0.4 is 0 Å². The fraction of sp³-hybridized carbons (Fsp3) is 0. The smallest absolute Gasteiger partial charge is 0.116 e. The lowest BCUT2D eigenvalue weighted by Gasteiger charge is -2.09. The number of nitrogens with zero attached hydrogens (tertiary/aromatic N) is 4. The van der Waals surface area contributed by atoms with E-state index in [1.807, 2.05) is 36.4 Å². The highest BCUT2D eigenvalue weighted by atomic mass is 35.5. The highest BCUT2D eigenvalue weighted by molar-refractivity contribution is 7.58. The van der Waals surface area contributed by atoms with Crippen molar-refractivity contribution in [3.05, 3.63) is 82.8 Å². The molecule has 3 aromatic heterocycles. The molecular formula is C26H12Cl2N4S4. The van der Waals surface area contributed by atoms with Crippen LogP contribution in [0.15, 0.2) is 81.5 Å². The van der Waals surface area contributed by atoms with Gasteiger partial charge in [0.05, 0.1) is 23.1 Å². The van der Waals surface area contributed by atoms with Crippen LogP contribution in [0.5, 0.6) is 0 Å². The van der Waals surface area contributed by atoms with E-state index in [4.69, 9.17) is 40.7 Å². The van der Waals surface area contributed by atoms with E-state index in [9.17, 15) is 0 Å². The molecule has 0 bridgehead atoms. The Morgan fingerprint density at radius 2 is 1.03 bits per heavy atom. The number of halogens is 2. The second-order valence-corrected chi connectivity index (χ2v) is 12.1. The van der Waals surface area contributed by atoms with Crippen molar-refractivity contribution in [1.82, 2.24) is 8.75 Å². The van der Waals surface area contributed by atoms with E-state index in [1.165, 1.54) is 23.1 Å². The number of aromatic nitrogens is 2. The molecule has 3 aromatic carbocycles. The molecule has 0 atom stereocenters. The molecule has 10 heteroatoms. The minimum Gasteiger partial charge on any atom is -0.172 e. The summed E-state index contributed by atoms with van der Waals surface area (Å²) in [5.74, 6) is 0. The van der Waals surface area contributed by atoms with Crippen molar-refractivity contribution in [2.45, 2.75) is 0 Å². The van der Waals surface area contributed by atoms with Crippen molar-refractivity contribution in [3.8, 4) is 41.8 Å². The molecule has 174 valence electrons. The normalized spacial score (nSPS) is 12.3. The van der Waals surface area contributed by atoms with Crippen molar-refractivity contribution in [2.24, 2.45) is 8.73 Å². The molecule has 6 aromatic rings. The zero-order valence-corrected chi connectivity index (χ0v) is 22.9. The van der Waals surface area contributed by atoms with Gasteiger partial charge in [0.1, 0.15) is 22.4 Å². The van der Waals surface area contributed by atoms with Crippen LogP contribution in [0.1, 0.15) is 0 Å². The van der Waals surface area contributed by atoms with Crippen LogP contribution in [0.4, 0.5) is 11.4 Å². The molecule has 0 aliphatic carbocycles. The van der Waals surface area contributed by atoms with Gasteiger partial charge in [-0.3, -0.25) is 0 Å². The lowest BCUT2D eigenvalue weighted by molar-refractivity contribution is 1.54. The number of hydrogen-bond donors (Lipinski definition) is 0. The summed E-state index contributed by atoms with van der Waals surface area (Å²) in [4.78, 5) is 4.43. The van der Waals surface area contributed by atoms with Crippen LogP contribution in [-0.2, 0) is 11.4 Å². The Balaban J connectivity index is 1.39. The van der Waals surface area contributed by atoms with Gasteiger partial charge in [0, 0.05) is 40.7 Å². The average Bonchev–Trinajstić information content (AvgIpc) is 3.69. The standard InChI is InChI=1S/C26H12Cl2N4S4/c27-15-5-1-3-13(11-15)17-7-9-19(33-17)21-23-25(31-35-29-23)22(26-24(21)30-36-32-26)20-10-8-18(34-20)14-4-2-6-16(28)12-14/h1-12H. The van der Waals surface area contributed by atoms with E-state index in [0.717, 1.165) is 74.2 Å². The van der Waals surface area contributed by atoms with Gasteiger partial charge in [0.2, 0.25) is 0 Å². The molecular weight excluding hydrogens is 567 g/mol. The van der Waals surface area contributed by atoms with E-state index in [-0.39, 0.29) is 0 Å². The first-order chi connectivity index (χ1) is 17.7. The monoisotopic (exact) mass is 578 g/mol. The maximum absolute atomic E-state index is 6.23. The number of rotatable bonds is 4. The Morgan fingerprint density at radius 1 is 0.556 bits per heavy atom. The van der Waals surface area contributed by atoms with E-state index in [0.29, 0.717) is 0 Å². The van der Waals surface area contributed by atoms with Crippen LogP contribution in [-0.4, -0.2) is 8.75 Å². The molecule has 0 N–H and O–H groups in total. The van der Waals surface area contributed by atoms with Crippen molar-refractivity contribution < 1.29 is 0 Å². The Hall–Kier alpha value is -2.72. The summed E-state index contributed by atoms with van der Waals surface area (Å²) >= 11 is 18.3. The van der Waals surface area contributed by atoms with Gasteiger partial charge in [-0.05, 0) is 59.7 Å². The molecule has 4 nitrogen and oxygen atoms in total. The fourth-order valence-electron chi connectivity index (χ4n) is 4.26. The minimum absolute atomic E-state index is 0.720. The Kier molecular flexibility index (Phi) is 5.61. The van der Waals surface area contributed by atoms with E-state index < -0.39 is 0 Å². The van der Waals surface area contributed by atoms with Gasteiger partial charge in [0.25, 0.3) is 0 Å². The molecule has 0 fully saturated rings. The summed E-state index contributed by atoms with van der Waals surface area (Å²) in [6.45, 7) is 0. The SMILES string of the molecule is Clc1cccc(-c2ccc(-c3c4c(c(-c5ccc(-c6cccc(Cl)c6)s5)c5nsnc35)N=S=N4)s2)c1.